The number of ether oxygens (including phenoxy) is 2. The molecule has 0 bridgehead atoms. The molecule has 21 heavy (non-hydrogen) atoms. The lowest BCUT2D eigenvalue weighted by Gasteiger charge is -2.07. The zero-order chi connectivity index (χ0) is 15.4. The van der Waals surface area contributed by atoms with Gasteiger partial charge in [0.1, 0.15) is 5.75 Å². The second-order valence-electron chi connectivity index (χ2n) is 4.79. The van der Waals surface area contributed by atoms with E-state index in [1.807, 2.05) is 19.9 Å². The predicted molar refractivity (Wildman–Crippen MR) is 78.7 cm³/mol. The molecule has 0 N–H and O–H groups in total. The van der Waals surface area contributed by atoms with Crippen LogP contribution in [0.15, 0.2) is 42.5 Å². The average molecular weight is 284 g/mol. The zero-order valence-electron chi connectivity index (χ0n) is 12.2. The summed E-state index contributed by atoms with van der Waals surface area (Å²) in [5.74, 6) is -0.620. The molecule has 2 aromatic carbocycles. The molecule has 0 aliphatic rings. The van der Waals surface area contributed by atoms with E-state index < -0.39 is 11.9 Å². The monoisotopic (exact) mass is 284 g/mol. The Morgan fingerprint density at radius 2 is 1.52 bits per heavy atom. The molecular formula is C17H16O4. The first-order valence-corrected chi connectivity index (χ1v) is 6.48. The van der Waals surface area contributed by atoms with E-state index in [9.17, 15) is 9.59 Å². The third-order valence-electron chi connectivity index (χ3n) is 2.92. The Labute approximate surface area is 123 Å². The number of esters is 2. The lowest BCUT2D eigenvalue weighted by molar-refractivity contribution is 0.0597. The maximum absolute atomic E-state index is 12.1. The number of hydrogen-bond acceptors (Lipinski definition) is 4. The third-order valence-corrected chi connectivity index (χ3v) is 2.92. The van der Waals surface area contributed by atoms with Crippen molar-refractivity contribution in [2.75, 3.05) is 7.11 Å². The van der Waals surface area contributed by atoms with Gasteiger partial charge in [-0.2, -0.15) is 0 Å². The van der Waals surface area contributed by atoms with Crippen LogP contribution in [0.2, 0.25) is 0 Å². The van der Waals surface area contributed by atoms with Crippen molar-refractivity contribution in [2.24, 2.45) is 0 Å². The number of carbonyl (C=O) groups is 2. The Morgan fingerprint density at radius 1 is 0.857 bits per heavy atom. The highest BCUT2D eigenvalue weighted by atomic mass is 16.5. The summed E-state index contributed by atoms with van der Waals surface area (Å²) in [4.78, 5) is 23.6. The quantitative estimate of drug-likeness (QED) is 0.641. The molecule has 0 radical (unpaired) electrons. The molecule has 0 spiro atoms. The average Bonchev–Trinajstić information content (AvgIpc) is 2.45. The Balaban J connectivity index is 2.21. The molecule has 0 aliphatic carbocycles. The van der Waals surface area contributed by atoms with E-state index >= 15 is 0 Å². The number of rotatable bonds is 3. The number of methoxy groups -OCH3 is 1. The smallest absolute Gasteiger partial charge is 0.343 e. The van der Waals surface area contributed by atoms with E-state index in [0.717, 1.165) is 11.1 Å². The summed E-state index contributed by atoms with van der Waals surface area (Å²) in [6, 6.07) is 11.8. The van der Waals surface area contributed by atoms with Crippen LogP contribution in [0.5, 0.6) is 5.75 Å². The van der Waals surface area contributed by atoms with Crippen LogP contribution < -0.4 is 4.74 Å². The molecule has 0 heterocycles. The van der Waals surface area contributed by atoms with Crippen LogP contribution in [-0.4, -0.2) is 19.0 Å². The first-order valence-electron chi connectivity index (χ1n) is 6.48. The van der Waals surface area contributed by atoms with Crippen LogP contribution in [0.25, 0.3) is 0 Å². The molecule has 0 atom stereocenters. The Kier molecular flexibility index (Phi) is 4.38. The molecule has 0 aromatic heterocycles. The Morgan fingerprint density at radius 3 is 2.14 bits per heavy atom. The summed E-state index contributed by atoms with van der Waals surface area (Å²) in [5, 5.41) is 0. The molecule has 0 fully saturated rings. The van der Waals surface area contributed by atoms with Gasteiger partial charge in [-0.05, 0) is 44.2 Å². The third kappa shape index (κ3) is 3.69. The van der Waals surface area contributed by atoms with Crippen molar-refractivity contribution in [1.82, 2.24) is 0 Å². The van der Waals surface area contributed by atoms with E-state index in [-0.39, 0.29) is 0 Å². The molecule has 0 aliphatic heterocycles. The van der Waals surface area contributed by atoms with Crippen LogP contribution >= 0.6 is 0 Å². The van der Waals surface area contributed by atoms with Gasteiger partial charge in [0.15, 0.2) is 0 Å². The fourth-order valence-corrected chi connectivity index (χ4v) is 2.06. The number of benzene rings is 2. The van der Waals surface area contributed by atoms with Crippen LogP contribution in [0.4, 0.5) is 0 Å². The van der Waals surface area contributed by atoms with Crippen molar-refractivity contribution < 1.29 is 19.1 Å². The highest BCUT2D eigenvalue weighted by Crippen LogP contribution is 2.17. The maximum Gasteiger partial charge on any atom is 0.343 e. The van der Waals surface area contributed by atoms with Crippen molar-refractivity contribution in [1.29, 1.82) is 0 Å². The minimum Gasteiger partial charge on any atom is -0.465 e. The molecule has 108 valence electrons. The van der Waals surface area contributed by atoms with Crippen LogP contribution in [-0.2, 0) is 4.74 Å². The van der Waals surface area contributed by atoms with Gasteiger partial charge in [-0.1, -0.05) is 23.3 Å². The summed E-state index contributed by atoms with van der Waals surface area (Å²) < 4.78 is 9.93. The summed E-state index contributed by atoms with van der Waals surface area (Å²) in [5.41, 5.74) is 2.80. The fourth-order valence-electron chi connectivity index (χ4n) is 2.06. The molecule has 0 saturated carbocycles. The fraction of sp³-hybridized carbons (Fsp3) is 0.176. The molecule has 2 aromatic rings. The number of aryl methyl sites for hydroxylation is 2. The van der Waals surface area contributed by atoms with Gasteiger partial charge >= 0.3 is 11.9 Å². The van der Waals surface area contributed by atoms with Gasteiger partial charge in [-0.25, -0.2) is 9.59 Å². The SMILES string of the molecule is COC(=O)c1cccc(OC(=O)c2cc(C)cc(C)c2)c1. The van der Waals surface area contributed by atoms with Gasteiger partial charge in [-0.3, -0.25) is 0 Å². The molecule has 0 unspecified atom stereocenters. The number of hydrogen-bond donors (Lipinski definition) is 0. The zero-order valence-corrected chi connectivity index (χ0v) is 12.2. The van der Waals surface area contributed by atoms with Crippen molar-refractivity contribution in [2.45, 2.75) is 13.8 Å². The van der Waals surface area contributed by atoms with E-state index in [4.69, 9.17) is 4.74 Å². The Hall–Kier alpha value is -2.62. The molecule has 0 amide bonds. The maximum atomic E-state index is 12.1. The highest BCUT2D eigenvalue weighted by Gasteiger charge is 2.12. The lowest BCUT2D eigenvalue weighted by Crippen LogP contribution is -2.10. The summed E-state index contributed by atoms with van der Waals surface area (Å²) in [6.07, 6.45) is 0. The van der Waals surface area contributed by atoms with E-state index in [1.54, 1.807) is 30.3 Å². The van der Waals surface area contributed by atoms with Gasteiger partial charge in [0.2, 0.25) is 0 Å². The second kappa shape index (κ2) is 6.22. The van der Waals surface area contributed by atoms with Crippen molar-refractivity contribution in [3.8, 4) is 5.75 Å². The van der Waals surface area contributed by atoms with Gasteiger partial charge in [0.05, 0.1) is 18.2 Å². The van der Waals surface area contributed by atoms with Crippen LogP contribution in [0, 0.1) is 13.8 Å². The van der Waals surface area contributed by atoms with Gasteiger partial charge < -0.3 is 9.47 Å². The van der Waals surface area contributed by atoms with E-state index in [0.29, 0.717) is 16.9 Å². The molecule has 2 rings (SSSR count). The van der Waals surface area contributed by atoms with Gasteiger partial charge in [-0.15, -0.1) is 0 Å². The minimum absolute atomic E-state index is 0.307. The van der Waals surface area contributed by atoms with Gasteiger partial charge in [0.25, 0.3) is 0 Å². The summed E-state index contributed by atoms with van der Waals surface area (Å²) >= 11 is 0. The standard InChI is InChI=1S/C17H16O4/c1-11-7-12(2)9-14(8-11)17(19)21-15-6-4-5-13(10-15)16(18)20-3/h4-10H,1-3H3. The minimum atomic E-state index is -0.473. The second-order valence-corrected chi connectivity index (χ2v) is 4.79. The molecular weight excluding hydrogens is 268 g/mol. The first-order chi connectivity index (χ1) is 9.99. The van der Waals surface area contributed by atoms with E-state index in [1.165, 1.54) is 13.2 Å². The van der Waals surface area contributed by atoms with Crippen molar-refractivity contribution >= 4 is 11.9 Å². The first kappa shape index (κ1) is 14.8. The Bertz CT molecular complexity index is 669. The van der Waals surface area contributed by atoms with Crippen molar-refractivity contribution in [3.63, 3.8) is 0 Å². The molecule has 4 nitrogen and oxygen atoms in total. The summed E-state index contributed by atoms with van der Waals surface area (Å²) in [7, 11) is 1.30. The topological polar surface area (TPSA) is 52.6 Å². The lowest BCUT2D eigenvalue weighted by atomic mass is 10.1. The molecule has 4 heteroatoms. The van der Waals surface area contributed by atoms with Crippen molar-refractivity contribution in [3.05, 3.63) is 64.7 Å². The van der Waals surface area contributed by atoms with E-state index in [2.05, 4.69) is 4.74 Å². The largest absolute Gasteiger partial charge is 0.465 e. The molecule has 0 saturated heterocycles. The highest BCUT2D eigenvalue weighted by molar-refractivity contribution is 5.92. The van der Waals surface area contributed by atoms with Crippen LogP contribution in [0.1, 0.15) is 31.8 Å². The normalized spacial score (nSPS) is 10.0. The number of carbonyl (C=O) groups excluding carboxylic acids is 2. The van der Waals surface area contributed by atoms with Crippen LogP contribution in [0.3, 0.4) is 0 Å². The van der Waals surface area contributed by atoms with Gasteiger partial charge in [0, 0.05) is 0 Å². The predicted octanol–water partition coefficient (Wildman–Crippen LogP) is 3.31. The summed E-state index contributed by atoms with van der Waals surface area (Å²) in [6.45, 7) is 3.84.